The van der Waals surface area contributed by atoms with Gasteiger partial charge in [-0.1, -0.05) is 60.7 Å². The number of ether oxygens (including phenoxy) is 2. The van der Waals surface area contributed by atoms with Gasteiger partial charge in [0.15, 0.2) is 17.7 Å². The molecular formula is C31H30FN3O5. The molecular weight excluding hydrogens is 513 g/mol. The Morgan fingerprint density at radius 3 is 2.48 bits per heavy atom. The summed E-state index contributed by atoms with van der Waals surface area (Å²) in [7, 11) is 1.45. The molecule has 9 heteroatoms. The van der Waals surface area contributed by atoms with Gasteiger partial charge in [-0.15, -0.1) is 0 Å². The number of nitrogens with two attached hydrogens (primary N) is 1. The average Bonchev–Trinajstić information content (AvgIpc) is 2.95. The van der Waals surface area contributed by atoms with Crippen LogP contribution in [0, 0.1) is 5.82 Å². The molecule has 0 aliphatic heterocycles. The molecule has 0 spiro atoms. The number of aromatic hydroxyl groups is 1. The lowest BCUT2D eigenvalue weighted by molar-refractivity contribution is -0.111. The van der Waals surface area contributed by atoms with E-state index in [2.05, 4.69) is 10.6 Å². The molecule has 2 amide bonds. The number of phenolic OH excluding ortho intramolecular Hbond substituents is 1. The zero-order valence-corrected chi connectivity index (χ0v) is 21.8. The number of rotatable bonds is 10. The van der Waals surface area contributed by atoms with E-state index in [0.29, 0.717) is 35.5 Å². The van der Waals surface area contributed by atoms with E-state index < -0.39 is 29.9 Å². The minimum atomic E-state index is -1.01. The number of carbonyl (C=O) groups excluding carboxylic acids is 2. The molecule has 8 nitrogen and oxygen atoms in total. The highest BCUT2D eigenvalue weighted by atomic mass is 19.1. The fraction of sp³-hybridized carbons (Fsp3) is 0.161. The Morgan fingerprint density at radius 2 is 1.70 bits per heavy atom. The Hall–Kier alpha value is -4.89. The number of para-hydroxylation sites is 2. The van der Waals surface area contributed by atoms with Crippen molar-refractivity contribution in [3.8, 4) is 5.75 Å². The lowest BCUT2D eigenvalue weighted by atomic mass is 10.00. The molecule has 4 aromatic carbocycles. The first-order chi connectivity index (χ1) is 19.4. The number of nitrogen functional groups attached to an aromatic ring is 1. The molecule has 4 aromatic rings. The van der Waals surface area contributed by atoms with Crippen molar-refractivity contribution in [2.75, 3.05) is 23.5 Å². The van der Waals surface area contributed by atoms with E-state index in [-0.39, 0.29) is 5.91 Å². The molecule has 0 bridgehead atoms. The van der Waals surface area contributed by atoms with Gasteiger partial charge in [-0.2, -0.15) is 0 Å². The molecule has 0 aromatic heterocycles. The number of carbonyl (C=O) groups is 2. The number of phenols is 1. The smallest absolute Gasteiger partial charge is 0.412 e. The number of allylic oxidation sites excluding steroid dienone is 1. The molecule has 0 aliphatic carbocycles. The lowest BCUT2D eigenvalue weighted by Gasteiger charge is -2.26. The van der Waals surface area contributed by atoms with Crippen LogP contribution >= 0.6 is 0 Å². The highest BCUT2D eigenvalue weighted by Crippen LogP contribution is 2.31. The lowest BCUT2D eigenvalue weighted by Crippen LogP contribution is -2.28. The van der Waals surface area contributed by atoms with E-state index in [0.717, 1.165) is 16.8 Å². The highest BCUT2D eigenvalue weighted by molar-refractivity contribution is 6.01. The van der Waals surface area contributed by atoms with Crippen LogP contribution in [0.15, 0.2) is 97.1 Å². The molecule has 4 rings (SSSR count). The predicted molar refractivity (Wildman–Crippen MR) is 154 cm³/mol. The SMILES string of the molecule is CO[C@H](CC/C=C/C(=O)Nc1ccccc1N)[C@H](OC(=O)Nc1cccc2ccccc12)c1ccc(O)c(F)c1. The summed E-state index contributed by atoms with van der Waals surface area (Å²) < 4.78 is 25.7. The van der Waals surface area contributed by atoms with Gasteiger partial charge in [0.1, 0.15) is 0 Å². The molecule has 206 valence electrons. The summed E-state index contributed by atoms with van der Waals surface area (Å²) in [6.07, 6.45) is 1.30. The van der Waals surface area contributed by atoms with Crippen LogP contribution in [-0.4, -0.2) is 30.3 Å². The van der Waals surface area contributed by atoms with E-state index in [1.165, 1.54) is 25.3 Å². The van der Waals surface area contributed by atoms with Gasteiger partial charge in [0.25, 0.3) is 0 Å². The van der Waals surface area contributed by atoms with Gasteiger partial charge in [0.05, 0.1) is 23.2 Å². The van der Waals surface area contributed by atoms with E-state index >= 15 is 0 Å². The van der Waals surface area contributed by atoms with Crippen LogP contribution < -0.4 is 16.4 Å². The molecule has 0 saturated heterocycles. The Kier molecular flexibility index (Phi) is 9.32. The first-order valence-corrected chi connectivity index (χ1v) is 12.6. The van der Waals surface area contributed by atoms with E-state index in [1.54, 1.807) is 36.4 Å². The molecule has 0 radical (unpaired) electrons. The van der Waals surface area contributed by atoms with Crippen molar-refractivity contribution in [3.05, 3.63) is 108 Å². The number of amides is 2. The second-order valence-electron chi connectivity index (χ2n) is 9.02. The maximum Gasteiger partial charge on any atom is 0.412 e. The van der Waals surface area contributed by atoms with Gasteiger partial charge >= 0.3 is 6.09 Å². The van der Waals surface area contributed by atoms with Crippen molar-refractivity contribution in [2.24, 2.45) is 0 Å². The summed E-state index contributed by atoms with van der Waals surface area (Å²) in [5, 5.41) is 16.9. The molecule has 5 N–H and O–H groups in total. The summed E-state index contributed by atoms with van der Waals surface area (Å²) in [6.45, 7) is 0. The zero-order valence-electron chi connectivity index (χ0n) is 21.8. The number of nitrogens with one attached hydrogen (secondary N) is 2. The Labute approximate surface area is 231 Å². The van der Waals surface area contributed by atoms with Crippen molar-refractivity contribution in [3.63, 3.8) is 0 Å². The highest BCUT2D eigenvalue weighted by Gasteiger charge is 2.28. The summed E-state index contributed by atoms with van der Waals surface area (Å²) in [5.74, 6) is -1.73. The van der Waals surface area contributed by atoms with Crippen LogP contribution in [0.1, 0.15) is 24.5 Å². The third-order valence-corrected chi connectivity index (χ3v) is 6.31. The topological polar surface area (TPSA) is 123 Å². The van der Waals surface area contributed by atoms with E-state index in [1.807, 2.05) is 36.4 Å². The maximum absolute atomic E-state index is 14.3. The van der Waals surface area contributed by atoms with Crippen molar-refractivity contribution < 1.29 is 28.6 Å². The number of hydrogen-bond acceptors (Lipinski definition) is 6. The molecule has 0 aliphatic rings. The van der Waals surface area contributed by atoms with Gasteiger partial charge in [-0.3, -0.25) is 10.1 Å². The quantitative estimate of drug-likeness (QED) is 0.133. The molecule has 40 heavy (non-hydrogen) atoms. The minimum absolute atomic E-state index is 0.302. The van der Waals surface area contributed by atoms with Gasteiger partial charge in [-0.25, -0.2) is 9.18 Å². The van der Waals surface area contributed by atoms with E-state index in [4.69, 9.17) is 15.2 Å². The minimum Gasteiger partial charge on any atom is -0.505 e. The normalized spacial score (nSPS) is 12.7. The summed E-state index contributed by atoms with van der Waals surface area (Å²) >= 11 is 0. The number of benzene rings is 4. The predicted octanol–water partition coefficient (Wildman–Crippen LogP) is 6.55. The van der Waals surface area contributed by atoms with Crippen molar-refractivity contribution in [1.29, 1.82) is 0 Å². The Bertz CT molecular complexity index is 1520. The average molecular weight is 544 g/mol. The maximum atomic E-state index is 14.3. The zero-order chi connectivity index (χ0) is 28.5. The van der Waals surface area contributed by atoms with Crippen molar-refractivity contribution >= 4 is 39.8 Å². The number of methoxy groups -OCH3 is 1. The van der Waals surface area contributed by atoms with Crippen LogP contribution in [0.3, 0.4) is 0 Å². The van der Waals surface area contributed by atoms with Gasteiger partial charge < -0.3 is 25.6 Å². The third-order valence-electron chi connectivity index (χ3n) is 6.31. The first kappa shape index (κ1) is 28.1. The van der Waals surface area contributed by atoms with Crippen LogP contribution in [-0.2, 0) is 14.3 Å². The molecule has 0 heterocycles. The second-order valence-corrected chi connectivity index (χ2v) is 9.02. The standard InChI is InChI=1S/C31H30FN3O5/c1-39-28(15-6-7-16-29(37)34-26-13-5-4-12-24(26)33)30(21-17-18-27(36)23(32)19-21)40-31(38)35-25-14-8-10-20-9-2-3-11-22(20)25/h2-5,7-14,16-19,28,30,36H,6,15,33H2,1H3,(H,34,37)(H,35,38)/b16-7+/t28-,30-/m1/s1. The van der Waals surface area contributed by atoms with Crippen molar-refractivity contribution in [1.82, 2.24) is 0 Å². The monoisotopic (exact) mass is 543 g/mol. The molecule has 0 unspecified atom stereocenters. The Balaban J connectivity index is 1.47. The number of fused-ring (bicyclic) bond motifs is 1. The largest absolute Gasteiger partial charge is 0.505 e. The van der Waals surface area contributed by atoms with Crippen LogP contribution in [0.4, 0.5) is 26.2 Å². The van der Waals surface area contributed by atoms with Gasteiger partial charge in [-0.05, 0) is 60.2 Å². The fourth-order valence-corrected chi connectivity index (χ4v) is 4.28. The molecule has 0 fully saturated rings. The summed E-state index contributed by atoms with van der Waals surface area (Å²) in [5.41, 5.74) is 7.68. The van der Waals surface area contributed by atoms with Crippen LogP contribution in [0.2, 0.25) is 0 Å². The summed E-state index contributed by atoms with van der Waals surface area (Å²) in [4.78, 5) is 25.3. The van der Waals surface area contributed by atoms with Gasteiger partial charge in [0, 0.05) is 12.5 Å². The first-order valence-electron chi connectivity index (χ1n) is 12.6. The van der Waals surface area contributed by atoms with Crippen molar-refractivity contribution in [2.45, 2.75) is 25.0 Å². The van der Waals surface area contributed by atoms with Gasteiger partial charge in [0.2, 0.25) is 5.91 Å². The number of anilines is 3. The van der Waals surface area contributed by atoms with Crippen LogP contribution in [0.5, 0.6) is 5.75 Å². The molecule has 0 saturated carbocycles. The summed E-state index contributed by atoms with van der Waals surface area (Å²) in [6, 6.07) is 23.8. The number of halogens is 1. The Morgan fingerprint density at radius 1 is 0.975 bits per heavy atom. The fourth-order valence-electron chi connectivity index (χ4n) is 4.28. The second kappa shape index (κ2) is 13.3. The molecule has 2 atom stereocenters. The van der Waals surface area contributed by atoms with E-state index in [9.17, 15) is 19.1 Å². The number of hydrogen-bond donors (Lipinski definition) is 4. The van der Waals surface area contributed by atoms with Crippen LogP contribution in [0.25, 0.3) is 10.8 Å². The third kappa shape index (κ3) is 7.15.